The first-order chi connectivity index (χ1) is 13.9. The number of rotatable bonds is 5. The van der Waals surface area contributed by atoms with E-state index in [-0.39, 0.29) is 11.3 Å². The second-order valence-corrected chi connectivity index (χ2v) is 8.36. The molecule has 4 heteroatoms. The van der Waals surface area contributed by atoms with E-state index in [1.165, 1.54) is 16.8 Å². The maximum absolute atomic E-state index is 12.5. The van der Waals surface area contributed by atoms with Crippen molar-refractivity contribution >= 4 is 17.7 Å². The lowest BCUT2D eigenvalue weighted by Gasteiger charge is -2.49. The van der Waals surface area contributed by atoms with Gasteiger partial charge in [0.1, 0.15) is 18.0 Å². The minimum absolute atomic E-state index is 0.0941. The first-order valence-corrected chi connectivity index (χ1v) is 10.1. The molecule has 2 aliphatic heterocycles. The summed E-state index contributed by atoms with van der Waals surface area (Å²) in [5.74, 6) is 0.911. The van der Waals surface area contributed by atoms with Crippen LogP contribution in [0.3, 0.4) is 0 Å². The number of amides is 1. The lowest BCUT2D eigenvalue weighted by molar-refractivity contribution is -0.124. The van der Waals surface area contributed by atoms with Crippen LogP contribution in [-0.4, -0.2) is 24.7 Å². The van der Waals surface area contributed by atoms with E-state index in [2.05, 4.69) is 67.9 Å². The number of nitrogens with one attached hydrogen (secondary N) is 1. The monoisotopic (exact) mass is 388 g/mol. The van der Waals surface area contributed by atoms with Crippen LogP contribution in [0.5, 0.6) is 5.75 Å². The number of hydrogen-bond acceptors (Lipinski definition) is 3. The maximum Gasteiger partial charge on any atom is 0.223 e. The van der Waals surface area contributed by atoms with E-state index in [0.717, 1.165) is 11.3 Å². The molecule has 1 amide bonds. The van der Waals surface area contributed by atoms with E-state index in [9.17, 15) is 4.79 Å². The van der Waals surface area contributed by atoms with Gasteiger partial charge in [-0.1, -0.05) is 62.4 Å². The second-order valence-electron chi connectivity index (χ2n) is 8.36. The van der Waals surface area contributed by atoms with Crippen molar-refractivity contribution in [3.63, 3.8) is 0 Å². The summed E-state index contributed by atoms with van der Waals surface area (Å²) < 4.78 is 5.57. The van der Waals surface area contributed by atoms with E-state index < -0.39 is 5.66 Å². The summed E-state index contributed by atoms with van der Waals surface area (Å²) in [6.07, 6.45) is 6.48. The average Bonchev–Trinajstić information content (AvgIpc) is 2.89. The van der Waals surface area contributed by atoms with Gasteiger partial charge in [-0.2, -0.15) is 0 Å². The molecular weight excluding hydrogens is 360 g/mol. The van der Waals surface area contributed by atoms with Gasteiger partial charge in [-0.3, -0.25) is 4.79 Å². The highest BCUT2D eigenvalue weighted by Crippen LogP contribution is 2.52. The fourth-order valence-electron chi connectivity index (χ4n) is 4.51. The third-order valence-electron chi connectivity index (χ3n) is 6.15. The Hall–Kier alpha value is -3.01. The van der Waals surface area contributed by atoms with Crippen LogP contribution in [0.4, 0.5) is 5.69 Å². The van der Waals surface area contributed by atoms with Crippen molar-refractivity contribution in [2.45, 2.75) is 38.3 Å². The summed E-state index contributed by atoms with van der Waals surface area (Å²) in [7, 11) is 0. The number of carbonyl (C=O) groups is 1. The van der Waals surface area contributed by atoms with Crippen LogP contribution in [0.25, 0.3) is 6.08 Å². The smallest absolute Gasteiger partial charge is 0.223 e. The number of benzene rings is 2. The molecule has 2 heterocycles. The molecule has 1 fully saturated rings. The Labute approximate surface area is 172 Å². The number of anilines is 1. The van der Waals surface area contributed by atoms with Crippen LogP contribution in [0.1, 0.15) is 37.0 Å². The van der Waals surface area contributed by atoms with Gasteiger partial charge in [-0.05, 0) is 42.3 Å². The van der Waals surface area contributed by atoms with Gasteiger partial charge in [0.05, 0.1) is 0 Å². The topological polar surface area (TPSA) is 41.6 Å². The fraction of sp³-hybridized carbons (Fsp3) is 0.320. The van der Waals surface area contributed by atoms with Gasteiger partial charge < -0.3 is 15.0 Å². The SMILES string of the molecule is C=CCOc1ccc(C=C[C@]23NC(=O)CCN2c2ccc(C)cc2C3(C)C)cc1. The number of aryl methyl sites for hydroxylation is 1. The minimum atomic E-state index is -0.587. The Morgan fingerprint density at radius 2 is 1.97 bits per heavy atom. The molecular formula is C25H28N2O2. The summed E-state index contributed by atoms with van der Waals surface area (Å²) in [6.45, 7) is 11.4. The van der Waals surface area contributed by atoms with Gasteiger partial charge in [-0.15, -0.1) is 0 Å². The average molecular weight is 389 g/mol. The third-order valence-corrected chi connectivity index (χ3v) is 6.15. The minimum Gasteiger partial charge on any atom is -0.490 e. The standard InChI is InChI=1S/C25H28N2O2/c1-5-16-29-20-9-7-19(8-10-20)12-14-25-24(3,4)21-17-18(2)6-11-22(21)27(25)15-13-23(28)26-25/h5-12,14,17H,1,13,15-16H2,2-4H3,(H,26,28)/t25-/m0/s1. The number of fused-ring (bicyclic) bond motifs is 3. The van der Waals surface area contributed by atoms with Crippen LogP contribution in [-0.2, 0) is 10.2 Å². The highest BCUT2D eigenvalue weighted by molar-refractivity contribution is 5.84. The normalized spacial score (nSPS) is 22.2. The van der Waals surface area contributed by atoms with Crippen LogP contribution < -0.4 is 15.0 Å². The summed E-state index contributed by atoms with van der Waals surface area (Å²) in [6, 6.07) is 14.5. The summed E-state index contributed by atoms with van der Waals surface area (Å²) in [5.41, 5.74) is 3.92. The molecule has 29 heavy (non-hydrogen) atoms. The predicted octanol–water partition coefficient (Wildman–Crippen LogP) is 4.59. The zero-order valence-corrected chi connectivity index (χ0v) is 17.4. The Kier molecular flexibility index (Phi) is 4.73. The molecule has 1 saturated heterocycles. The van der Waals surface area contributed by atoms with Crippen molar-refractivity contribution in [3.8, 4) is 5.75 Å². The Morgan fingerprint density at radius 1 is 1.21 bits per heavy atom. The fourth-order valence-corrected chi connectivity index (χ4v) is 4.51. The van der Waals surface area contributed by atoms with E-state index in [4.69, 9.17) is 4.74 Å². The Balaban J connectivity index is 1.72. The molecule has 0 saturated carbocycles. The van der Waals surface area contributed by atoms with E-state index in [1.807, 2.05) is 24.3 Å². The van der Waals surface area contributed by atoms with Crippen LogP contribution in [0.2, 0.25) is 0 Å². The molecule has 0 radical (unpaired) electrons. The molecule has 4 nitrogen and oxygen atoms in total. The molecule has 1 N–H and O–H groups in total. The Morgan fingerprint density at radius 3 is 2.69 bits per heavy atom. The van der Waals surface area contributed by atoms with E-state index >= 15 is 0 Å². The van der Waals surface area contributed by atoms with Crippen molar-refractivity contribution < 1.29 is 9.53 Å². The molecule has 0 aliphatic carbocycles. The molecule has 4 rings (SSSR count). The summed E-state index contributed by atoms with van der Waals surface area (Å²) in [5, 5.41) is 3.32. The van der Waals surface area contributed by atoms with Gasteiger partial charge in [0.2, 0.25) is 5.91 Å². The molecule has 2 aromatic rings. The Bertz CT molecular complexity index is 975. The first kappa shape index (κ1) is 19.3. The van der Waals surface area contributed by atoms with Crippen LogP contribution >= 0.6 is 0 Å². The van der Waals surface area contributed by atoms with E-state index in [0.29, 0.717) is 19.6 Å². The predicted molar refractivity (Wildman–Crippen MR) is 118 cm³/mol. The summed E-state index contributed by atoms with van der Waals surface area (Å²) in [4.78, 5) is 14.8. The van der Waals surface area contributed by atoms with Crippen LogP contribution in [0.15, 0.2) is 61.2 Å². The van der Waals surface area contributed by atoms with Crippen molar-refractivity contribution in [1.82, 2.24) is 5.32 Å². The molecule has 0 aromatic heterocycles. The van der Waals surface area contributed by atoms with Crippen molar-refractivity contribution in [2.75, 3.05) is 18.1 Å². The van der Waals surface area contributed by atoms with Gasteiger partial charge in [0, 0.05) is 24.1 Å². The first-order valence-electron chi connectivity index (χ1n) is 10.1. The lowest BCUT2D eigenvalue weighted by atomic mass is 9.74. The summed E-state index contributed by atoms with van der Waals surface area (Å²) >= 11 is 0. The van der Waals surface area contributed by atoms with Gasteiger partial charge in [0.15, 0.2) is 0 Å². The van der Waals surface area contributed by atoms with Crippen molar-refractivity contribution in [2.24, 2.45) is 0 Å². The number of ether oxygens (including phenoxy) is 1. The molecule has 150 valence electrons. The largest absolute Gasteiger partial charge is 0.490 e. The van der Waals surface area contributed by atoms with Gasteiger partial charge in [-0.25, -0.2) is 0 Å². The molecule has 0 unspecified atom stereocenters. The van der Waals surface area contributed by atoms with Crippen molar-refractivity contribution in [1.29, 1.82) is 0 Å². The molecule has 0 spiro atoms. The quantitative estimate of drug-likeness (QED) is 0.762. The van der Waals surface area contributed by atoms with Gasteiger partial charge in [0.25, 0.3) is 0 Å². The lowest BCUT2D eigenvalue weighted by Crippen LogP contribution is -2.68. The third kappa shape index (κ3) is 3.13. The van der Waals surface area contributed by atoms with Crippen LogP contribution in [0, 0.1) is 6.92 Å². The molecule has 2 aliphatic rings. The highest BCUT2D eigenvalue weighted by Gasteiger charge is 2.57. The number of carbonyl (C=O) groups excluding carboxylic acids is 1. The molecule has 2 aromatic carbocycles. The second kappa shape index (κ2) is 7.11. The number of hydrogen-bond donors (Lipinski definition) is 1. The molecule has 1 atom stereocenters. The van der Waals surface area contributed by atoms with E-state index in [1.54, 1.807) is 6.08 Å². The molecule has 0 bridgehead atoms. The zero-order valence-electron chi connectivity index (χ0n) is 17.4. The highest BCUT2D eigenvalue weighted by atomic mass is 16.5. The zero-order chi connectivity index (χ0) is 20.6. The number of nitrogens with zero attached hydrogens (tertiary/aromatic N) is 1. The van der Waals surface area contributed by atoms with Gasteiger partial charge >= 0.3 is 0 Å². The van der Waals surface area contributed by atoms with Crippen molar-refractivity contribution in [3.05, 3.63) is 77.9 Å². The maximum atomic E-state index is 12.5.